The first kappa shape index (κ1) is 30.0. The number of likely N-dealkylation sites (N-methyl/N-ethyl adjacent to an activating group) is 1. The number of rotatable bonds is 7. The van der Waals surface area contributed by atoms with Gasteiger partial charge in [0.25, 0.3) is 5.91 Å². The van der Waals surface area contributed by atoms with Crippen LogP contribution in [-0.2, 0) is 22.6 Å². The first-order chi connectivity index (χ1) is 19.8. The number of aliphatic hydroxyl groups excluding tert-OH is 2. The van der Waals surface area contributed by atoms with Crippen molar-refractivity contribution in [3.05, 3.63) is 45.4 Å². The first-order valence-electron chi connectivity index (χ1n) is 14.4. The van der Waals surface area contributed by atoms with Gasteiger partial charge in [-0.25, -0.2) is 0 Å². The van der Waals surface area contributed by atoms with Gasteiger partial charge < -0.3 is 41.7 Å². The van der Waals surface area contributed by atoms with Gasteiger partial charge in [-0.2, -0.15) is 0 Å². The number of benzene rings is 1. The Kier molecular flexibility index (Phi) is 7.86. The van der Waals surface area contributed by atoms with E-state index in [0.717, 1.165) is 38.2 Å². The number of fused-ring (bicyclic) bond motifs is 3. The Morgan fingerprint density at radius 1 is 1.14 bits per heavy atom. The zero-order valence-electron chi connectivity index (χ0n) is 24.5. The van der Waals surface area contributed by atoms with E-state index in [2.05, 4.69) is 10.6 Å². The van der Waals surface area contributed by atoms with Crippen molar-refractivity contribution >= 4 is 23.2 Å². The van der Waals surface area contributed by atoms with Crippen molar-refractivity contribution in [3.63, 3.8) is 0 Å². The van der Waals surface area contributed by atoms with E-state index in [1.165, 1.54) is 4.90 Å². The summed E-state index contributed by atoms with van der Waals surface area (Å²) in [5.41, 5.74) is 3.69. The second-order valence-electron chi connectivity index (χ2n) is 12.4. The van der Waals surface area contributed by atoms with Gasteiger partial charge in [0.15, 0.2) is 11.4 Å². The number of aromatic hydroxyl groups is 1. The second-order valence-corrected chi connectivity index (χ2v) is 12.4. The number of piperidine rings is 1. The number of anilines is 1. The highest BCUT2D eigenvalue weighted by Crippen LogP contribution is 2.53. The van der Waals surface area contributed by atoms with Crippen LogP contribution in [0.1, 0.15) is 40.7 Å². The van der Waals surface area contributed by atoms with Gasteiger partial charge in [-0.3, -0.25) is 19.3 Å². The Balaban J connectivity index is 1.58. The number of phenols is 1. The lowest BCUT2D eigenvalue weighted by molar-refractivity contribution is -0.148. The van der Waals surface area contributed by atoms with Gasteiger partial charge in [0.05, 0.1) is 11.6 Å². The van der Waals surface area contributed by atoms with Crippen molar-refractivity contribution in [2.24, 2.45) is 23.5 Å². The Morgan fingerprint density at radius 3 is 2.40 bits per heavy atom. The van der Waals surface area contributed by atoms with Crippen LogP contribution in [0.3, 0.4) is 0 Å². The SMILES string of the molecule is CN(C)c1cc(CNCC2CCNCC2)c(O)c2c1C[C@H]1C[C@H]3[C@@H](N(C)C)C(O)=C(C(N)=O)C(=O)[C@@]3(O)C(O)=C1C2=O. The van der Waals surface area contributed by atoms with Crippen molar-refractivity contribution in [3.8, 4) is 5.75 Å². The number of nitrogens with two attached hydrogens (primary N) is 1. The Labute approximate surface area is 244 Å². The maximum atomic E-state index is 14.1. The topological polar surface area (TPSA) is 189 Å². The second kappa shape index (κ2) is 11.0. The number of hydrogen-bond donors (Lipinski definition) is 7. The number of nitrogens with zero attached hydrogens (tertiary/aromatic N) is 2. The molecule has 1 heterocycles. The summed E-state index contributed by atoms with van der Waals surface area (Å²) >= 11 is 0. The monoisotopic (exact) mass is 583 g/mol. The molecule has 1 saturated heterocycles. The molecular weight excluding hydrogens is 542 g/mol. The molecule has 0 unspecified atom stereocenters. The van der Waals surface area contributed by atoms with Crippen LogP contribution in [0.4, 0.5) is 5.69 Å². The van der Waals surface area contributed by atoms with Crippen molar-refractivity contribution in [1.82, 2.24) is 15.5 Å². The number of Topliss-reactive ketones (excluding diaryl/α,β-unsaturated/α-hetero) is 2. The lowest BCUT2D eigenvalue weighted by Gasteiger charge is -2.50. The maximum absolute atomic E-state index is 14.1. The molecule has 3 aliphatic carbocycles. The Hall–Kier alpha value is -3.45. The number of phenolic OH excluding ortho intramolecular Hbond substituents is 1. The van der Waals surface area contributed by atoms with Crippen LogP contribution < -0.4 is 21.3 Å². The van der Waals surface area contributed by atoms with Crippen molar-refractivity contribution < 1.29 is 34.8 Å². The smallest absolute Gasteiger partial charge is 0.255 e. The molecule has 1 aromatic rings. The van der Waals surface area contributed by atoms with Gasteiger partial charge in [0, 0.05) is 43.4 Å². The lowest BCUT2D eigenvalue weighted by atomic mass is 9.58. The Morgan fingerprint density at radius 2 is 1.81 bits per heavy atom. The van der Waals surface area contributed by atoms with E-state index >= 15 is 0 Å². The number of carbonyl (C=O) groups excluding carboxylic acids is 3. The normalized spacial score (nSPS) is 28.1. The highest BCUT2D eigenvalue weighted by molar-refractivity contribution is 6.24. The minimum absolute atomic E-state index is 0.0284. The summed E-state index contributed by atoms with van der Waals surface area (Å²) in [4.78, 5) is 43.2. The minimum atomic E-state index is -2.65. The van der Waals surface area contributed by atoms with Crippen LogP contribution in [0.2, 0.25) is 0 Å². The van der Waals surface area contributed by atoms with Crippen LogP contribution in [0.5, 0.6) is 5.75 Å². The van der Waals surface area contributed by atoms with Gasteiger partial charge in [-0.05, 0) is 82.9 Å². The molecule has 1 fully saturated rings. The van der Waals surface area contributed by atoms with E-state index in [-0.39, 0.29) is 29.7 Å². The standard InChI is InChI=1S/C30H41N5O7/c1-34(2)19-11-16(13-33-12-14-5-7-32-8-6-14)24(36)21-17(19)9-15-10-18-23(35(3)4)26(38)22(29(31)41)28(40)30(18,42)27(39)20(15)25(21)37/h11,14-15,18,23,32-33,36,38-39,42H,5-10,12-13H2,1-4H3,(H2,31,41)/t15-,18-,23+,30-/m0/s1. The minimum Gasteiger partial charge on any atom is -0.510 e. The zero-order valence-corrected chi connectivity index (χ0v) is 24.5. The number of hydrogen-bond acceptors (Lipinski definition) is 11. The number of nitrogens with one attached hydrogen (secondary N) is 2. The van der Waals surface area contributed by atoms with Crippen LogP contribution in [0.25, 0.3) is 0 Å². The van der Waals surface area contributed by atoms with Crippen LogP contribution >= 0.6 is 0 Å². The lowest BCUT2D eigenvalue weighted by Crippen LogP contribution is -2.63. The summed E-state index contributed by atoms with van der Waals surface area (Å²) in [6.45, 7) is 3.03. The molecule has 1 amide bonds. The molecule has 4 atom stereocenters. The predicted octanol–water partition coefficient (Wildman–Crippen LogP) is 0.276. The average Bonchev–Trinajstić information content (AvgIpc) is 2.92. The van der Waals surface area contributed by atoms with Gasteiger partial charge in [-0.15, -0.1) is 0 Å². The number of allylic oxidation sites excluding steroid dienone is 1. The Bertz CT molecular complexity index is 1390. The largest absolute Gasteiger partial charge is 0.510 e. The highest BCUT2D eigenvalue weighted by atomic mass is 16.3. The molecule has 8 N–H and O–H groups in total. The van der Waals surface area contributed by atoms with E-state index < -0.39 is 58.0 Å². The summed E-state index contributed by atoms with van der Waals surface area (Å²) in [5.74, 6) is -5.98. The van der Waals surface area contributed by atoms with E-state index in [4.69, 9.17) is 5.73 Å². The third kappa shape index (κ3) is 4.57. The van der Waals surface area contributed by atoms with Crippen LogP contribution in [0, 0.1) is 17.8 Å². The third-order valence-corrected chi connectivity index (χ3v) is 9.47. The molecule has 42 heavy (non-hydrogen) atoms. The quantitative estimate of drug-likeness (QED) is 0.218. The number of primary amides is 1. The number of carbonyl (C=O) groups is 3. The van der Waals surface area contributed by atoms with Crippen molar-refractivity contribution in [2.45, 2.75) is 43.9 Å². The molecule has 0 spiro atoms. The molecule has 228 valence electrons. The van der Waals surface area contributed by atoms with E-state index in [9.17, 15) is 34.8 Å². The average molecular weight is 584 g/mol. The molecule has 0 bridgehead atoms. The number of aliphatic hydroxyl groups is 3. The molecular formula is C30H41N5O7. The molecule has 0 radical (unpaired) electrons. The number of ketones is 2. The summed E-state index contributed by atoms with van der Waals surface area (Å²) in [7, 11) is 6.91. The van der Waals surface area contributed by atoms with Crippen molar-refractivity contribution in [1.29, 1.82) is 0 Å². The molecule has 4 aliphatic rings. The third-order valence-electron chi connectivity index (χ3n) is 9.47. The van der Waals surface area contributed by atoms with Crippen LogP contribution in [0.15, 0.2) is 28.7 Å². The van der Waals surface area contributed by atoms with E-state index in [0.29, 0.717) is 23.6 Å². The van der Waals surface area contributed by atoms with Gasteiger partial charge >= 0.3 is 0 Å². The van der Waals surface area contributed by atoms with Gasteiger partial charge in [0.1, 0.15) is 22.8 Å². The summed E-state index contributed by atoms with van der Waals surface area (Å²) < 4.78 is 0. The van der Waals surface area contributed by atoms with E-state index in [1.54, 1.807) is 14.1 Å². The molecule has 12 heteroatoms. The fraction of sp³-hybridized carbons (Fsp3) is 0.567. The zero-order chi connectivity index (χ0) is 30.7. The molecule has 1 aromatic carbocycles. The summed E-state index contributed by atoms with van der Waals surface area (Å²) in [5, 5.41) is 52.4. The van der Waals surface area contributed by atoms with Gasteiger partial charge in [-0.1, -0.05) is 0 Å². The summed E-state index contributed by atoms with van der Waals surface area (Å²) in [6, 6.07) is 0.843. The molecule has 0 aromatic heterocycles. The van der Waals surface area contributed by atoms with E-state index in [1.807, 2.05) is 25.1 Å². The molecule has 5 rings (SSSR count). The van der Waals surface area contributed by atoms with Crippen LogP contribution in [-0.4, -0.2) is 102 Å². The molecule has 0 saturated carbocycles. The molecule has 1 aliphatic heterocycles. The number of amides is 1. The van der Waals surface area contributed by atoms with Crippen molar-refractivity contribution in [2.75, 3.05) is 52.7 Å². The fourth-order valence-electron chi connectivity index (χ4n) is 7.38. The van der Waals surface area contributed by atoms with Gasteiger partial charge in [0.2, 0.25) is 5.78 Å². The predicted molar refractivity (Wildman–Crippen MR) is 155 cm³/mol. The fourth-order valence-corrected chi connectivity index (χ4v) is 7.38. The first-order valence-corrected chi connectivity index (χ1v) is 14.4. The molecule has 12 nitrogen and oxygen atoms in total. The summed E-state index contributed by atoms with van der Waals surface area (Å²) in [6.07, 6.45) is 2.42. The highest BCUT2D eigenvalue weighted by Gasteiger charge is 2.63. The maximum Gasteiger partial charge on any atom is 0.255 e.